The van der Waals surface area contributed by atoms with Crippen LogP contribution in [0.2, 0.25) is 0 Å². The van der Waals surface area contributed by atoms with Crippen LogP contribution in [0.3, 0.4) is 0 Å². The van der Waals surface area contributed by atoms with Crippen LogP contribution in [0.5, 0.6) is 0 Å². The number of carbonyl (C=O) groups excluding carboxylic acids is 2. The van der Waals surface area contributed by atoms with E-state index in [2.05, 4.69) is 36.1 Å². The van der Waals surface area contributed by atoms with Gasteiger partial charge in [-0.25, -0.2) is 0 Å². The summed E-state index contributed by atoms with van der Waals surface area (Å²) in [6.45, 7) is 6.02. The fraction of sp³-hybridized carbons (Fsp3) is 0.579. The van der Waals surface area contributed by atoms with Crippen molar-refractivity contribution in [2.75, 3.05) is 51.7 Å². The molecule has 5 nitrogen and oxygen atoms in total. The maximum atomic E-state index is 12.3. The van der Waals surface area contributed by atoms with Crippen molar-refractivity contribution in [2.45, 2.75) is 26.2 Å². The molecule has 1 aliphatic heterocycles. The summed E-state index contributed by atoms with van der Waals surface area (Å²) in [6, 6.07) is 8.47. The molecule has 0 unspecified atom stereocenters. The van der Waals surface area contributed by atoms with Crippen LogP contribution in [0.25, 0.3) is 0 Å². The van der Waals surface area contributed by atoms with E-state index in [-0.39, 0.29) is 11.7 Å². The third kappa shape index (κ3) is 5.64. The van der Waals surface area contributed by atoms with E-state index in [1.54, 1.807) is 0 Å². The fourth-order valence-corrected chi connectivity index (χ4v) is 2.92. The molecule has 0 atom stereocenters. The maximum Gasteiger partial charge on any atom is 0.223 e. The van der Waals surface area contributed by atoms with E-state index in [1.807, 2.05) is 23.9 Å². The maximum absolute atomic E-state index is 12.3. The van der Waals surface area contributed by atoms with E-state index in [0.29, 0.717) is 19.3 Å². The van der Waals surface area contributed by atoms with E-state index >= 15 is 0 Å². The monoisotopic (exact) mass is 331 g/mol. The third-order valence-electron chi connectivity index (χ3n) is 4.45. The van der Waals surface area contributed by atoms with Crippen LogP contribution in [-0.4, -0.2) is 68.3 Å². The Hall–Kier alpha value is -1.88. The molecule has 0 saturated carbocycles. The smallest absolute Gasteiger partial charge is 0.223 e. The quantitative estimate of drug-likeness (QED) is 0.766. The summed E-state index contributed by atoms with van der Waals surface area (Å²) in [5.41, 5.74) is 2.48. The molecule has 0 N–H and O–H groups in total. The Kier molecular flexibility index (Phi) is 6.79. The first kappa shape index (κ1) is 18.5. The molecule has 5 heteroatoms. The first-order valence-electron chi connectivity index (χ1n) is 8.71. The van der Waals surface area contributed by atoms with Crippen molar-refractivity contribution in [1.29, 1.82) is 0 Å². The summed E-state index contributed by atoms with van der Waals surface area (Å²) in [4.78, 5) is 30.3. The lowest BCUT2D eigenvalue weighted by Gasteiger charge is -2.36. The summed E-state index contributed by atoms with van der Waals surface area (Å²) >= 11 is 0. The number of carbonyl (C=O) groups is 2. The normalized spacial score (nSPS) is 15.0. The standard InChI is InChI=1S/C19H29N3O2/c1-16-5-4-6-17(15-16)21-11-13-22(14-12-21)19(24)8-7-18(23)9-10-20(2)3/h4-6,15H,7-14H2,1-3H3. The molecular weight excluding hydrogens is 302 g/mol. The van der Waals surface area contributed by atoms with Gasteiger partial charge in [-0.3, -0.25) is 9.59 Å². The first-order chi connectivity index (χ1) is 11.5. The Morgan fingerprint density at radius 2 is 1.75 bits per heavy atom. The van der Waals surface area contributed by atoms with E-state index < -0.39 is 0 Å². The molecular formula is C19H29N3O2. The summed E-state index contributed by atoms with van der Waals surface area (Å²) in [7, 11) is 3.90. The van der Waals surface area contributed by atoms with Gasteiger partial charge in [0.2, 0.25) is 5.91 Å². The van der Waals surface area contributed by atoms with Crippen LogP contribution in [-0.2, 0) is 9.59 Å². The highest BCUT2D eigenvalue weighted by Gasteiger charge is 2.21. The molecule has 2 rings (SSSR count). The molecule has 0 aromatic heterocycles. The van der Waals surface area contributed by atoms with E-state index in [4.69, 9.17) is 0 Å². The van der Waals surface area contributed by atoms with Crippen LogP contribution in [0.15, 0.2) is 24.3 Å². The summed E-state index contributed by atoms with van der Waals surface area (Å²) in [6.07, 6.45) is 1.24. The number of hydrogen-bond donors (Lipinski definition) is 0. The zero-order chi connectivity index (χ0) is 17.5. The van der Waals surface area contributed by atoms with Crippen molar-refractivity contribution in [3.63, 3.8) is 0 Å². The summed E-state index contributed by atoms with van der Waals surface area (Å²) in [5.74, 6) is 0.285. The topological polar surface area (TPSA) is 43.9 Å². The van der Waals surface area contributed by atoms with Gasteiger partial charge in [0.25, 0.3) is 0 Å². The van der Waals surface area contributed by atoms with Crippen molar-refractivity contribution in [3.8, 4) is 0 Å². The van der Waals surface area contributed by atoms with Crippen molar-refractivity contribution < 1.29 is 9.59 Å². The van der Waals surface area contributed by atoms with Gasteiger partial charge in [-0.05, 0) is 38.7 Å². The molecule has 1 heterocycles. The average molecular weight is 331 g/mol. The molecule has 0 aliphatic carbocycles. The Morgan fingerprint density at radius 3 is 2.38 bits per heavy atom. The van der Waals surface area contributed by atoms with Gasteiger partial charge in [-0.15, -0.1) is 0 Å². The van der Waals surface area contributed by atoms with Crippen molar-refractivity contribution >= 4 is 17.4 Å². The minimum atomic E-state index is 0.108. The lowest BCUT2D eigenvalue weighted by atomic mass is 10.1. The zero-order valence-corrected chi connectivity index (χ0v) is 15.1. The predicted octanol–water partition coefficient (Wildman–Crippen LogP) is 1.94. The van der Waals surface area contributed by atoms with Gasteiger partial charge in [0.15, 0.2) is 0 Å². The highest BCUT2D eigenvalue weighted by molar-refractivity contribution is 5.85. The molecule has 1 aromatic rings. The highest BCUT2D eigenvalue weighted by atomic mass is 16.2. The van der Waals surface area contributed by atoms with Crippen molar-refractivity contribution in [3.05, 3.63) is 29.8 Å². The number of hydrogen-bond acceptors (Lipinski definition) is 4. The number of aryl methyl sites for hydroxylation is 1. The molecule has 0 bridgehead atoms. The predicted molar refractivity (Wildman–Crippen MR) is 97.4 cm³/mol. The first-order valence-corrected chi connectivity index (χ1v) is 8.71. The second kappa shape index (κ2) is 8.83. The molecule has 1 aromatic carbocycles. The third-order valence-corrected chi connectivity index (χ3v) is 4.45. The van der Waals surface area contributed by atoms with Crippen LogP contribution >= 0.6 is 0 Å². The number of Topliss-reactive ketones (excluding diaryl/α,β-unsaturated/α-hetero) is 1. The largest absolute Gasteiger partial charge is 0.368 e. The Morgan fingerprint density at radius 1 is 1.04 bits per heavy atom. The Balaban J connectivity index is 1.73. The zero-order valence-electron chi connectivity index (χ0n) is 15.1. The van der Waals surface area contributed by atoms with Gasteiger partial charge in [0.05, 0.1) is 0 Å². The molecule has 1 aliphatic rings. The molecule has 0 radical (unpaired) electrons. The SMILES string of the molecule is Cc1cccc(N2CCN(C(=O)CCC(=O)CCN(C)C)CC2)c1. The number of anilines is 1. The van der Waals surface area contributed by atoms with Crippen LogP contribution in [0.1, 0.15) is 24.8 Å². The molecule has 1 saturated heterocycles. The second-order valence-electron chi connectivity index (χ2n) is 6.80. The minimum Gasteiger partial charge on any atom is -0.368 e. The van der Waals surface area contributed by atoms with E-state index in [0.717, 1.165) is 32.7 Å². The van der Waals surface area contributed by atoms with Crippen molar-refractivity contribution in [2.24, 2.45) is 0 Å². The fourth-order valence-electron chi connectivity index (χ4n) is 2.92. The van der Waals surface area contributed by atoms with Gasteiger partial charge >= 0.3 is 0 Å². The van der Waals surface area contributed by atoms with Gasteiger partial charge in [-0.2, -0.15) is 0 Å². The number of piperazine rings is 1. The number of benzene rings is 1. The van der Waals surface area contributed by atoms with E-state index in [1.165, 1.54) is 11.3 Å². The lowest BCUT2D eigenvalue weighted by molar-refractivity contribution is -0.133. The van der Waals surface area contributed by atoms with Crippen LogP contribution in [0, 0.1) is 6.92 Å². The Labute approximate surface area is 145 Å². The van der Waals surface area contributed by atoms with Crippen LogP contribution in [0.4, 0.5) is 5.69 Å². The summed E-state index contributed by atoms with van der Waals surface area (Å²) < 4.78 is 0. The number of rotatable bonds is 7. The average Bonchev–Trinajstić information content (AvgIpc) is 2.58. The molecule has 24 heavy (non-hydrogen) atoms. The van der Waals surface area contributed by atoms with Gasteiger partial charge in [0.1, 0.15) is 5.78 Å². The highest BCUT2D eigenvalue weighted by Crippen LogP contribution is 2.18. The minimum absolute atomic E-state index is 0.108. The van der Waals surface area contributed by atoms with Gasteiger partial charge in [-0.1, -0.05) is 12.1 Å². The lowest BCUT2D eigenvalue weighted by Crippen LogP contribution is -2.48. The summed E-state index contributed by atoms with van der Waals surface area (Å²) in [5, 5.41) is 0. The number of nitrogens with zero attached hydrogens (tertiary/aromatic N) is 3. The molecule has 132 valence electrons. The second-order valence-corrected chi connectivity index (χ2v) is 6.80. The number of amides is 1. The number of ketones is 1. The molecule has 0 spiro atoms. The molecule has 1 fully saturated rings. The van der Waals surface area contributed by atoms with Gasteiger partial charge < -0.3 is 14.7 Å². The Bertz CT molecular complexity index is 563. The van der Waals surface area contributed by atoms with Crippen LogP contribution < -0.4 is 4.90 Å². The molecule has 1 amide bonds. The van der Waals surface area contributed by atoms with Gasteiger partial charge in [0, 0.05) is 57.7 Å². The van der Waals surface area contributed by atoms with Crippen molar-refractivity contribution in [1.82, 2.24) is 9.80 Å². The van der Waals surface area contributed by atoms with E-state index in [9.17, 15) is 9.59 Å².